The van der Waals surface area contributed by atoms with Gasteiger partial charge in [0.2, 0.25) is 5.91 Å². The minimum atomic E-state index is -0.0704. The Bertz CT molecular complexity index is 535. The van der Waals surface area contributed by atoms with Crippen molar-refractivity contribution in [3.63, 3.8) is 0 Å². The van der Waals surface area contributed by atoms with Crippen LogP contribution in [0, 0.1) is 12.8 Å². The SMILES string of the molecule is Cc1ccc(N)cc1NC(=O)C(C)N(CC1CC1)C1CC1. The van der Waals surface area contributed by atoms with Crippen molar-refractivity contribution < 1.29 is 4.79 Å². The highest BCUT2D eigenvalue weighted by Gasteiger charge is 2.38. The Morgan fingerprint density at radius 3 is 2.71 bits per heavy atom. The zero-order valence-corrected chi connectivity index (χ0v) is 12.9. The van der Waals surface area contributed by atoms with Gasteiger partial charge in [0.15, 0.2) is 0 Å². The number of rotatable bonds is 6. The van der Waals surface area contributed by atoms with Gasteiger partial charge in [0.05, 0.1) is 6.04 Å². The summed E-state index contributed by atoms with van der Waals surface area (Å²) in [7, 11) is 0. The van der Waals surface area contributed by atoms with Crippen molar-refractivity contribution >= 4 is 17.3 Å². The number of carbonyl (C=O) groups is 1. The van der Waals surface area contributed by atoms with Gasteiger partial charge in [0, 0.05) is 24.0 Å². The van der Waals surface area contributed by atoms with Crippen molar-refractivity contribution in [3.05, 3.63) is 23.8 Å². The molecule has 0 aliphatic heterocycles. The maximum absolute atomic E-state index is 12.6. The van der Waals surface area contributed by atoms with E-state index in [4.69, 9.17) is 5.73 Å². The first-order valence-corrected chi connectivity index (χ1v) is 7.97. The molecule has 0 heterocycles. The van der Waals surface area contributed by atoms with Crippen LogP contribution in [0.5, 0.6) is 0 Å². The van der Waals surface area contributed by atoms with E-state index in [-0.39, 0.29) is 11.9 Å². The molecule has 4 heteroatoms. The number of nitrogens with zero attached hydrogens (tertiary/aromatic N) is 1. The largest absolute Gasteiger partial charge is 0.399 e. The molecule has 21 heavy (non-hydrogen) atoms. The third kappa shape index (κ3) is 3.56. The van der Waals surface area contributed by atoms with Crippen LogP contribution in [0.1, 0.15) is 38.2 Å². The number of nitrogens with two attached hydrogens (primary N) is 1. The van der Waals surface area contributed by atoms with Crippen LogP contribution >= 0.6 is 0 Å². The fourth-order valence-electron chi connectivity index (χ4n) is 2.79. The monoisotopic (exact) mass is 287 g/mol. The Kier molecular flexibility index (Phi) is 3.89. The Balaban J connectivity index is 1.66. The van der Waals surface area contributed by atoms with Crippen molar-refractivity contribution in [2.24, 2.45) is 5.92 Å². The summed E-state index contributed by atoms with van der Waals surface area (Å²) in [5.41, 5.74) is 8.36. The van der Waals surface area contributed by atoms with Gasteiger partial charge in [-0.1, -0.05) is 6.07 Å². The molecule has 114 valence electrons. The molecule has 2 saturated carbocycles. The zero-order chi connectivity index (χ0) is 15.0. The maximum Gasteiger partial charge on any atom is 0.241 e. The molecule has 0 aromatic heterocycles. The van der Waals surface area contributed by atoms with E-state index in [1.165, 1.54) is 25.7 Å². The Morgan fingerprint density at radius 1 is 1.38 bits per heavy atom. The van der Waals surface area contributed by atoms with Crippen LogP contribution in [0.4, 0.5) is 11.4 Å². The summed E-state index contributed by atoms with van der Waals surface area (Å²) >= 11 is 0. The number of nitrogens with one attached hydrogen (secondary N) is 1. The molecule has 1 unspecified atom stereocenters. The van der Waals surface area contributed by atoms with Gasteiger partial charge in [-0.25, -0.2) is 0 Å². The number of amides is 1. The Labute approximate surface area is 126 Å². The molecule has 2 aliphatic rings. The van der Waals surface area contributed by atoms with Gasteiger partial charge in [-0.05, 0) is 63.1 Å². The summed E-state index contributed by atoms with van der Waals surface area (Å²) in [6.45, 7) is 5.09. The smallest absolute Gasteiger partial charge is 0.241 e. The van der Waals surface area contributed by atoms with Crippen LogP contribution in [0.2, 0.25) is 0 Å². The van der Waals surface area contributed by atoms with Gasteiger partial charge in [-0.3, -0.25) is 9.69 Å². The van der Waals surface area contributed by atoms with E-state index in [9.17, 15) is 4.79 Å². The van der Waals surface area contributed by atoms with Crippen molar-refractivity contribution in [3.8, 4) is 0 Å². The van der Waals surface area contributed by atoms with Gasteiger partial charge < -0.3 is 11.1 Å². The molecule has 1 amide bonds. The standard InChI is InChI=1S/C17H25N3O/c1-11-3-6-14(18)9-16(11)19-17(21)12(2)20(15-7-8-15)10-13-4-5-13/h3,6,9,12-13,15H,4-5,7-8,10,18H2,1-2H3,(H,19,21). The van der Waals surface area contributed by atoms with Crippen LogP contribution in [0.25, 0.3) is 0 Å². The average molecular weight is 287 g/mol. The Hall–Kier alpha value is -1.55. The summed E-state index contributed by atoms with van der Waals surface area (Å²) in [6.07, 6.45) is 5.13. The predicted octanol–water partition coefficient (Wildman–Crippen LogP) is 2.78. The molecular weight excluding hydrogens is 262 g/mol. The summed E-state index contributed by atoms with van der Waals surface area (Å²) < 4.78 is 0. The first-order valence-electron chi connectivity index (χ1n) is 7.97. The molecule has 3 rings (SSSR count). The van der Waals surface area contributed by atoms with Crippen molar-refractivity contribution in [1.29, 1.82) is 0 Å². The second-order valence-electron chi connectivity index (χ2n) is 6.61. The molecule has 0 radical (unpaired) electrons. The fraction of sp³-hybridized carbons (Fsp3) is 0.588. The van der Waals surface area contributed by atoms with E-state index in [0.717, 1.165) is 23.7 Å². The number of hydrogen-bond donors (Lipinski definition) is 2. The second-order valence-corrected chi connectivity index (χ2v) is 6.61. The van der Waals surface area contributed by atoms with E-state index in [1.54, 1.807) is 0 Å². The van der Waals surface area contributed by atoms with Gasteiger partial charge in [0.1, 0.15) is 0 Å². The van der Waals surface area contributed by atoms with E-state index in [0.29, 0.717) is 11.7 Å². The summed E-state index contributed by atoms with van der Waals surface area (Å²) in [4.78, 5) is 15.0. The quantitative estimate of drug-likeness (QED) is 0.791. The molecule has 1 aromatic rings. The second kappa shape index (κ2) is 5.68. The van der Waals surface area contributed by atoms with Crippen LogP contribution in [0.15, 0.2) is 18.2 Å². The third-order valence-corrected chi connectivity index (χ3v) is 4.58. The number of anilines is 2. The van der Waals surface area contributed by atoms with Crippen molar-refractivity contribution in [2.45, 2.75) is 51.6 Å². The highest BCUT2D eigenvalue weighted by molar-refractivity contribution is 5.95. The minimum Gasteiger partial charge on any atom is -0.399 e. The summed E-state index contributed by atoms with van der Waals surface area (Å²) in [5, 5.41) is 3.05. The van der Waals surface area contributed by atoms with Crippen molar-refractivity contribution in [1.82, 2.24) is 4.90 Å². The number of aryl methyl sites for hydroxylation is 1. The van der Waals surface area contributed by atoms with Gasteiger partial charge in [0.25, 0.3) is 0 Å². The molecular formula is C17H25N3O. The number of hydrogen-bond acceptors (Lipinski definition) is 3. The average Bonchev–Trinajstić information content (AvgIpc) is 3.32. The van der Waals surface area contributed by atoms with E-state index >= 15 is 0 Å². The lowest BCUT2D eigenvalue weighted by Crippen LogP contribution is -2.44. The van der Waals surface area contributed by atoms with Crippen LogP contribution in [-0.2, 0) is 4.79 Å². The summed E-state index contributed by atoms with van der Waals surface area (Å²) in [5.74, 6) is 0.895. The minimum absolute atomic E-state index is 0.0704. The van der Waals surface area contributed by atoms with Gasteiger partial charge in [-0.2, -0.15) is 0 Å². The molecule has 1 aromatic carbocycles. The highest BCUT2D eigenvalue weighted by atomic mass is 16.2. The normalized spacial score (nSPS) is 19.6. The third-order valence-electron chi connectivity index (χ3n) is 4.58. The molecule has 0 spiro atoms. The van der Waals surface area contributed by atoms with Crippen LogP contribution < -0.4 is 11.1 Å². The van der Waals surface area contributed by atoms with E-state index < -0.39 is 0 Å². The molecule has 2 aliphatic carbocycles. The molecule has 0 saturated heterocycles. The summed E-state index contributed by atoms with van der Waals surface area (Å²) in [6, 6.07) is 6.19. The number of nitrogen functional groups attached to an aromatic ring is 1. The Morgan fingerprint density at radius 2 is 2.10 bits per heavy atom. The van der Waals surface area contributed by atoms with E-state index in [1.807, 2.05) is 32.0 Å². The maximum atomic E-state index is 12.6. The number of benzene rings is 1. The first-order chi connectivity index (χ1) is 10.0. The predicted molar refractivity (Wildman–Crippen MR) is 86.1 cm³/mol. The zero-order valence-electron chi connectivity index (χ0n) is 12.9. The van der Waals surface area contributed by atoms with Crippen molar-refractivity contribution in [2.75, 3.05) is 17.6 Å². The molecule has 3 N–H and O–H groups in total. The van der Waals surface area contributed by atoms with E-state index in [2.05, 4.69) is 10.2 Å². The van der Waals surface area contributed by atoms with Gasteiger partial charge in [-0.15, -0.1) is 0 Å². The lowest BCUT2D eigenvalue weighted by molar-refractivity contribution is -0.121. The van der Waals surface area contributed by atoms with Crippen LogP contribution in [0.3, 0.4) is 0 Å². The molecule has 4 nitrogen and oxygen atoms in total. The topological polar surface area (TPSA) is 58.4 Å². The molecule has 2 fully saturated rings. The molecule has 0 bridgehead atoms. The van der Waals surface area contributed by atoms with Gasteiger partial charge >= 0.3 is 0 Å². The first kappa shape index (κ1) is 14.4. The lowest BCUT2D eigenvalue weighted by atomic mass is 10.1. The number of carbonyl (C=O) groups excluding carboxylic acids is 1. The highest BCUT2D eigenvalue weighted by Crippen LogP contribution is 2.36. The van der Waals surface area contributed by atoms with Crippen LogP contribution in [-0.4, -0.2) is 29.4 Å². The molecule has 1 atom stereocenters. The fourth-order valence-corrected chi connectivity index (χ4v) is 2.79. The lowest BCUT2D eigenvalue weighted by Gasteiger charge is -2.28.